The maximum absolute atomic E-state index is 12.3. The molecule has 26 heavy (non-hydrogen) atoms. The monoisotopic (exact) mass is 378 g/mol. The summed E-state index contributed by atoms with van der Waals surface area (Å²) < 4.78 is 4.89. The number of aliphatic carboxylic acids is 1. The first-order valence-electron chi connectivity index (χ1n) is 8.62. The number of carboxylic acid groups (broad SMARTS) is 1. The lowest BCUT2D eigenvalue weighted by Gasteiger charge is -2.36. The number of carboxylic acids is 1. The van der Waals surface area contributed by atoms with Gasteiger partial charge in [0.2, 0.25) is 5.91 Å². The van der Waals surface area contributed by atoms with Gasteiger partial charge in [-0.15, -0.1) is 11.3 Å². The molecule has 142 valence electrons. The van der Waals surface area contributed by atoms with Crippen LogP contribution in [0.3, 0.4) is 0 Å². The van der Waals surface area contributed by atoms with Gasteiger partial charge in [0.15, 0.2) is 0 Å². The third kappa shape index (κ3) is 4.33. The SMILES string of the molecule is CCC(C)(C)C1CCc2c(sc(NC(=O)C=CC(=O)[O-])c2C(=O)OC)C1. The van der Waals surface area contributed by atoms with Crippen molar-refractivity contribution in [3.8, 4) is 0 Å². The van der Waals surface area contributed by atoms with Gasteiger partial charge in [0.25, 0.3) is 0 Å². The van der Waals surface area contributed by atoms with E-state index in [0.717, 1.165) is 42.2 Å². The molecular formula is C19H24NO5S-. The van der Waals surface area contributed by atoms with E-state index in [2.05, 4.69) is 26.1 Å². The zero-order valence-electron chi connectivity index (χ0n) is 15.5. The molecule has 0 aromatic carbocycles. The van der Waals surface area contributed by atoms with E-state index in [0.29, 0.717) is 22.6 Å². The second-order valence-corrected chi connectivity index (χ2v) is 8.23. The van der Waals surface area contributed by atoms with Crippen LogP contribution in [0.2, 0.25) is 0 Å². The molecular weight excluding hydrogens is 354 g/mol. The molecule has 1 aromatic heterocycles. The Morgan fingerprint density at radius 3 is 2.62 bits per heavy atom. The van der Waals surface area contributed by atoms with Gasteiger partial charge in [-0.3, -0.25) is 4.79 Å². The van der Waals surface area contributed by atoms with E-state index in [1.165, 1.54) is 18.4 Å². The summed E-state index contributed by atoms with van der Waals surface area (Å²) in [6.07, 6.45) is 5.19. The molecule has 0 saturated heterocycles. The zero-order chi connectivity index (χ0) is 19.5. The van der Waals surface area contributed by atoms with E-state index in [9.17, 15) is 19.5 Å². The quantitative estimate of drug-likeness (QED) is 0.605. The summed E-state index contributed by atoms with van der Waals surface area (Å²) in [4.78, 5) is 35.7. The Balaban J connectivity index is 2.34. The summed E-state index contributed by atoms with van der Waals surface area (Å²) in [5.74, 6) is -2.06. The summed E-state index contributed by atoms with van der Waals surface area (Å²) in [5, 5.41) is 13.5. The van der Waals surface area contributed by atoms with Crippen molar-refractivity contribution in [2.24, 2.45) is 11.3 Å². The summed E-state index contributed by atoms with van der Waals surface area (Å²) in [5.41, 5.74) is 1.52. The van der Waals surface area contributed by atoms with Crippen molar-refractivity contribution < 1.29 is 24.2 Å². The number of methoxy groups -OCH3 is 1. The van der Waals surface area contributed by atoms with Gasteiger partial charge in [0, 0.05) is 11.0 Å². The number of fused-ring (bicyclic) bond motifs is 1. The Morgan fingerprint density at radius 2 is 2.04 bits per heavy atom. The summed E-state index contributed by atoms with van der Waals surface area (Å²) in [7, 11) is 1.31. The Bertz CT molecular complexity index is 747. The summed E-state index contributed by atoms with van der Waals surface area (Å²) in [6.45, 7) is 6.69. The van der Waals surface area contributed by atoms with Gasteiger partial charge in [-0.25, -0.2) is 4.79 Å². The molecule has 7 heteroatoms. The number of hydrogen-bond acceptors (Lipinski definition) is 6. The molecule has 1 aliphatic rings. The third-order valence-electron chi connectivity index (χ3n) is 5.28. The standard InChI is InChI=1S/C19H25NO5S/c1-5-19(2,3)11-6-7-12-13(10-11)26-17(16(12)18(24)25-4)20-14(21)8-9-15(22)23/h8-9,11H,5-7,10H2,1-4H3,(H,20,21)(H,22,23)/p-1. The van der Waals surface area contributed by atoms with Crippen LogP contribution in [0.25, 0.3) is 0 Å². The van der Waals surface area contributed by atoms with Crippen molar-refractivity contribution in [3.05, 3.63) is 28.2 Å². The number of hydrogen-bond donors (Lipinski definition) is 1. The van der Waals surface area contributed by atoms with Crippen molar-refractivity contribution >= 4 is 34.2 Å². The lowest BCUT2D eigenvalue weighted by atomic mass is 9.69. The highest BCUT2D eigenvalue weighted by Crippen LogP contribution is 2.45. The number of amides is 1. The van der Waals surface area contributed by atoms with Crippen LogP contribution in [-0.2, 0) is 27.2 Å². The zero-order valence-corrected chi connectivity index (χ0v) is 16.3. The van der Waals surface area contributed by atoms with E-state index in [1.807, 2.05) is 0 Å². The highest BCUT2D eigenvalue weighted by Gasteiger charge is 2.35. The Kier molecular flexibility index (Phi) is 6.23. The van der Waals surface area contributed by atoms with Crippen LogP contribution >= 0.6 is 11.3 Å². The minimum absolute atomic E-state index is 0.202. The fourth-order valence-electron chi connectivity index (χ4n) is 3.24. The molecule has 0 saturated carbocycles. The van der Waals surface area contributed by atoms with Gasteiger partial charge in [-0.05, 0) is 42.2 Å². The number of esters is 1. The van der Waals surface area contributed by atoms with E-state index in [4.69, 9.17) is 4.74 Å². The van der Waals surface area contributed by atoms with Crippen molar-refractivity contribution in [2.75, 3.05) is 12.4 Å². The number of ether oxygens (including phenoxy) is 1. The first kappa shape index (κ1) is 20.2. The number of rotatable bonds is 6. The number of carbonyl (C=O) groups excluding carboxylic acids is 3. The molecule has 0 fully saturated rings. The van der Waals surface area contributed by atoms with Gasteiger partial charge < -0.3 is 20.0 Å². The number of nitrogens with one attached hydrogen (secondary N) is 1. The average molecular weight is 378 g/mol. The molecule has 6 nitrogen and oxygen atoms in total. The van der Waals surface area contributed by atoms with Crippen molar-refractivity contribution in [3.63, 3.8) is 0 Å². The molecule has 1 N–H and O–H groups in total. The molecule has 1 amide bonds. The smallest absolute Gasteiger partial charge is 0.341 e. The highest BCUT2D eigenvalue weighted by molar-refractivity contribution is 7.17. The molecule has 0 radical (unpaired) electrons. The third-order valence-corrected chi connectivity index (χ3v) is 6.45. The Morgan fingerprint density at radius 1 is 1.35 bits per heavy atom. The number of carbonyl (C=O) groups is 3. The van der Waals surface area contributed by atoms with Crippen LogP contribution in [0.5, 0.6) is 0 Å². The van der Waals surface area contributed by atoms with Gasteiger partial charge in [-0.1, -0.05) is 27.2 Å². The van der Waals surface area contributed by atoms with Crippen LogP contribution in [0, 0.1) is 11.3 Å². The fourth-order valence-corrected chi connectivity index (χ4v) is 4.56. The normalized spacial score (nSPS) is 17.0. The topological polar surface area (TPSA) is 95.5 Å². The van der Waals surface area contributed by atoms with Crippen LogP contribution in [0.15, 0.2) is 12.2 Å². The van der Waals surface area contributed by atoms with E-state index < -0.39 is 17.8 Å². The molecule has 0 spiro atoms. The minimum Gasteiger partial charge on any atom is -0.545 e. The maximum Gasteiger partial charge on any atom is 0.341 e. The van der Waals surface area contributed by atoms with Crippen LogP contribution < -0.4 is 10.4 Å². The molecule has 0 aliphatic heterocycles. The van der Waals surface area contributed by atoms with Crippen LogP contribution in [0.4, 0.5) is 5.00 Å². The molecule has 1 aromatic rings. The number of thiophene rings is 1. The highest BCUT2D eigenvalue weighted by atomic mass is 32.1. The minimum atomic E-state index is -1.46. The number of anilines is 1. The summed E-state index contributed by atoms with van der Waals surface area (Å²) in [6, 6.07) is 0. The molecule has 0 bridgehead atoms. The van der Waals surface area contributed by atoms with Crippen LogP contribution in [-0.4, -0.2) is 25.0 Å². The van der Waals surface area contributed by atoms with Crippen molar-refractivity contribution in [1.82, 2.24) is 0 Å². The largest absolute Gasteiger partial charge is 0.545 e. The average Bonchev–Trinajstić information content (AvgIpc) is 2.96. The van der Waals surface area contributed by atoms with E-state index >= 15 is 0 Å². The fraction of sp³-hybridized carbons (Fsp3) is 0.526. The van der Waals surface area contributed by atoms with Gasteiger partial charge in [-0.2, -0.15) is 0 Å². The second kappa shape index (κ2) is 8.03. The predicted molar refractivity (Wildman–Crippen MR) is 98.0 cm³/mol. The van der Waals surface area contributed by atoms with E-state index in [-0.39, 0.29) is 5.41 Å². The summed E-state index contributed by atoms with van der Waals surface area (Å²) >= 11 is 1.37. The van der Waals surface area contributed by atoms with Crippen molar-refractivity contribution in [2.45, 2.75) is 46.5 Å². The van der Waals surface area contributed by atoms with Gasteiger partial charge >= 0.3 is 5.97 Å². The Labute approximate surface area is 157 Å². The lowest BCUT2D eigenvalue weighted by molar-refractivity contribution is -0.297. The first-order valence-corrected chi connectivity index (χ1v) is 9.44. The van der Waals surface area contributed by atoms with E-state index in [1.54, 1.807) is 0 Å². The van der Waals surface area contributed by atoms with Crippen LogP contribution in [0.1, 0.15) is 54.4 Å². The second-order valence-electron chi connectivity index (χ2n) is 7.12. The predicted octanol–water partition coefficient (Wildman–Crippen LogP) is 2.32. The lowest BCUT2D eigenvalue weighted by Crippen LogP contribution is -2.28. The molecule has 1 atom stereocenters. The maximum atomic E-state index is 12.3. The molecule has 1 unspecified atom stereocenters. The van der Waals surface area contributed by atoms with Crippen molar-refractivity contribution in [1.29, 1.82) is 0 Å². The molecule has 2 rings (SSSR count). The van der Waals surface area contributed by atoms with Gasteiger partial charge in [0.1, 0.15) is 5.00 Å². The molecule has 1 aliphatic carbocycles. The molecule has 1 heterocycles. The first-order chi connectivity index (χ1) is 12.2. The Hall–Kier alpha value is -2.15. The van der Waals surface area contributed by atoms with Gasteiger partial charge in [0.05, 0.1) is 18.6 Å².